The molecule has 106 valence electrons. The van der Waals surface area contributed by atoms with Crippen molar-refractivity contribution in [2.75, 3.05) is 5.43 Å². The molecule has 1 N–H and O–H groups in total. The van der Waals surface area contributed by atoms with Gasteiger partial charge in [-0.3, -0.25) is 5.43 Å². The Bertz CT molecular complexity index is 635. The Morgan fingerprint density at radius 1 is 1.25 bits per heavy atom. The highest BCUT2D eigenvalue weighted by Crippen LogP contribution is 2.33. The van der Waals surface area contributed by atoms with Crippen LogP contribution in [0.15, 0.2) is 35.4 Å². The van der Waals surface area contributed by atoms with E-state index >= 15 is 0 Å². The summed E-state index contributed by atoms with van der Waals surface area (Å²) in [6.45, 7) is 1.96. The quantitative estimate of drug-likeness (QED) is 0.612. The second kappa shape index (κ2) is 5.85. The molecule has 1 aromatic heterocycles. The third kappa shape index (κ3) is 3.74. The van der Waals surface area contributed by atoms with Crippen molar-refractivity contribution >= 4 is 34.8 Å². The molecule has 0 saturated carbocycles. The van der Waals surface area contributed by atoms with Crippen LogP contribution in [-0.2, 0) is 6.18 Å². The van der Waals surface area contributed by atoms with E-state index in [9.17, 15) is 13.2 Å². The number of halogens is 4. The highest BCUT2D eigenvalue weighted by molar-refractivity contribution is 7.13. The number of rotatable bonds is 3. The van der Waals surface area contributed by atoms with Crippen LogP contribution >= 0.6 is 22.9 Å². The fourth-order valence-corrected chi connectivity index (χ4v) is 2.38. The van der Waals surface area contributed by atoms with Crippen molar-refractivity contribution in [2.45, 2.75) is 13.1 Å². The van der Waals surface area contributed by atoms with Crippen molar-refractivity contribution in [3.8, 4) is 0 Å². The van der Waals surface area contributed by atoms with Crippen molar-refractivity contribution in [2.24, 2.45) is 5.10 Å². The standard InChI is InChI=1S/C13H10ClF3N2S/c1-8-2-4-10(20-8)7-18-19-12-6-9(13(15,16)17)3-5-11(12)14/h2-7,19H,1H3/b18-7-. The van der Waals surface area contributed by atoms with Gasteiger partial charge >= 0.3 is 6.18 Å². The van der Waals surface area contributed by atoms with E-state index in [2.05, 4.69) is 10.5 Å². The molecule has 1 aromatic carbocycles. The Labute approximate surface area is 122 Å². The van der Waals surface area contributed by atoms with E-state index in [1.165, 1.54) is 23.6 Å². The number of nitrogens with one attached hydrogen (secondary N) is 1. The average molecular weight is 319 g/mol. The van der Waals surface area contributed by atoms with Gasteiger partial charge in [-0.25, -0.2) is 0 Å². The number of thiophene rings is 1. The van der Waals surface area contributed by atoms with Crippen LogP contribution in [0.4, 0.5) is 18.9 Å². The summed E-state index contributed by atoms with van der Waals surface area (Å²) < 4.78 is 37.7. The third-order valence-corrected chi connectivity index (χ3v) is 3.70. The number of anilines is 1. The molecule has 7 heteroatoms. The minimum absolute atomic E-state index is 0.117. The zero-order chi connectivity index (χ0) is 14.8. The van der Waals surface area contributed by atoms with Crippen LogP contribution in [0.5, 0.6) is 0 Å². The SMILES string of the molecule is Cc1ccc(/C=N\Nc2cc(C(F)(F)F)ccc2Cl)s1. The molecule has 2 nitrogen and oxygen atoms in total. The van der Waals surface area contributed by atoms with Gasteiger partial charge in [0.05, 0.1) is 22.5 Å². The van der Waals surface area contributed by atoms with Gasteiger partial charge in [0.1, 0.15) is 0 Å². The topological polar surface area (TPSA) is 24.4 Å². The van der Waals surface area contributed by atoms with Crippen LogP contribution in [0.2, 0.25) is 5.02 Å². The highest BCUT2D eigenvalue weighted by atomic mass is 35.5. The molecule has 0 aliphatic heterocycles. The van der Waals surface area contributed by atoms with Crippen LogP contribution in [0, 0.1) is 6.92 Å². The Balaban J connectivity index is 2.15. The lowest BCUT2D eigenvalue weighted by molar-refractivity contribution is -0.137. The van der Waals surface area contributed by atoms with Gasteiger partial charge in [0.2, 0.25) is 0 Å². The Morgan fingerprint density at radius 3 is 2.60 bits per heavy atom. The first-order chi connectivity index (χ1) is 9.36. The van der Waals surface area contributed by atoms with Gasteiger partial charge in [0.15, 0.2) is 0 Å². The molecular formula is C13H10ClF3N2S. The average Bonchev–Trinajstić information content (AvgIpc) is 2.76. The molecule has 0 unspecified atom stereocenters. The summed E-state index contributed by atoms with van der Waals surface area (Å²) in [5, 5.41) is 4.07. The van der Waals surface area contributed by atoms with Gasteiger partial charge in [-0.1, -0.05) is 11.6 Å². The first kappa shape index (κ1) is 14.9. The third-order valence-electron chi connectivity index (χ3n) is 2.43. The number of aryl methyl sites for hydroxylation is 1. The van der Waals surface area contributed by atoms with Crippen LogP contribution in [0.3, 0.4) is 0 Å². The molecular weight excluding hydrogens is 309 g/mol. The second-order valence-corrected chi connectivity index (χ2v) is 5.74. The molecule has 0 bridgehead atoms. The summed E-state index contributed by atoms with van der Waals surface area (Å²) in [5.41, 5.74) is 1.87. The van der Waals surface area contributed by atoms with Crippen molar-refractivity contribution in [1.29, 1.82) is 0 Å². The first-order valence-electron chi connectivity index (χ1n) is 5.58. The number of hydrazone groups is 1. The van der Waals surface area contributed by atoms with E-state index in [1.807, 2.05) is 19.1 Å². The van der Waals surface area contributed by atoms with E-state index in [1.54, 1.807) is 0 Å². The zero-order valence-corrected chi connectivity index (χ0v) is 11.9. The predicted octanol–water partition coefficient (Wildman–Crippen LogP) is 5.17. The summed E-state index contributed by atoms with van der Waals surface area (Å²) in [7, 11) is 0. The molecule has 0 amide bonds. The number of hydrogen-bond acceptors (Lipinski definition) is 3. The molecule has 0 saturated heterocycles. The fraction of sp³-hybridized carbons (Fsp3) is 0.154. The Hall–Kier alpha value is -1.53. The van der Waals surface area contributed by atoms with Gasteiger partial charge < -0.3 is 0 Å². The fourth-order valence-electron chi connectivity index (χ4n) is 1.48. The van der Waals surface area contributed by atoms with E-state index in [0.29, 0.717) is 0 Å². The summed E-state index contributed by atoms with van der Waals surface area (Å²) in [6, 6.07) is 6.86. The second-order valence-electron chi connectivity index (χ2n) is 4.01. The summed E-state index contributed by atoms with van der Waals surface area (Å²) >= 11 is 7.36. The van der Waals surface area contributed by atoms with Gasteiger partial charge in [-0.15, -0.1) is 11.3 Å². The highest BCUT2D eigenvalue weighted by Gasteiger charge is 2.30. The molecule has 0 aliphatic carbocycles. The largest absolute Gasteiger partial charge is 0.416 e. The molecule has 0 spiro atoms. The maximum atomic E-state index is 12.6. The molecule has 0 fully saturated rings. The van der Waals surface area contributed by atoms with Crippen molar-refractivity contribution < 1.29 is 13.2 Å². The van der Waals surface area contributed by atoms with Crippen molar-refractivity contribution in [3.63, 3.8) is 0 Å². The summed E-state index contributed by atoms with van der Waals surface area (Å²) in [6.07, 6.45) is -2.87. The number of hydrogen-bond donors (Lipinski definition) is 1. The van der Waals surface area contributed by atoms with Crippen LogP contribution in [-0.4, -0.2) is 6.21 Å². The summed E-state index contributed by atoms with van der Waals surface area (Å²) in [5.74, 6) is 0. The molecule has 2 aromatic rings. The van der Waals surface area contributed by atoms with Crippen molar-refractivity contribution in [1.82, 2.24) is 0 Å². The Kier molecular flexibility index (Phi) is 4.35. The lowest BCUT2D eigenvalue weighted by atomic mass is 10.2. The minimum Gasteiger partial charge on any atom is -0.277 e. The zero-order valence-electron chi connectivity index (χ0n) is 10.3. The summed E-state index contributed by atoms with van der Waals surface area (Å²) in [4.78, 5) is 2.03. The lowest BCUT2D eigenvalue weighted by Gasteiger charge is -2.09. The molecule has 0 radical (unpaired) electrons. The van der Waals surface area contributed by atoms with Crippen LogP contribution in [0.25, 0.3) is 0 Å². The van der Waals surface area contributed by atoms with Gasteiger partial charge in [0.25, 0.3) is 0 Å². The lowest BCUT2D eigenvalue weighted by Crippen LogP contribution is -2.05. The number of nitrogens with zero attached hydrogens (tertiary/aromatic N) is 1. The van der Waals surface area contributed by atoms with Gasteiger partial charge in [-0.05, 0) is 37.3 Å². The van der Waals surface area contributed by atoms with Gasteiger partial charge in [0, 0.05) is 9.75 Å². The first-order valence-corrected chi connectivity index (χ1v) is 6.78. The van der Waals surface area contributed by atoms with Gasteiger partial charge in [-0.2, -0.15) is 18.3 Å². The van der Waals surface area contributed by atoms with Crippen molar-refractivity contribution in [3.05, 3.63) is 50.7 Å². The van der Waals surface area contributed by atoms with E-state index in [-0.39, 0.29) is 10.7 Å². The molecule has 0 atom stereocenters. The predicted molar refractivity (Wildman–Crippen MR) is 76.7 cm³/mol. The molecule has 1 heterocycles. The Morgan fingerprint density at radius 2 is 2.00 bits per heavy atom. The van der Waals surface area contributed by atoms with Crippen LogP contribution < -0.4 is 5.43 Å². The number of alkyl halides is 3. The van der Waals surface area contributed by atoms with Crippen LogP contribution in [0.1, 0.15) is 15.3 Å². The normalized spacial score (nSPS) is 12.1. The minimum atomic E-state index is -4.41. The van der Waals surface area contributed by atoms with E-state index in [4.69, 9.17) is 11.6 Å². The smallest absolute Gasteiger partial charge is 0.277 e. The monoisotopic (exact) mass is 318 g/mol. The number of benzene rings is 1. The molecule has 0 aliphatic rings. The van der Waals surface area contributed by atoms with E-state index < -0.39 is 11.7 Å². The molecule has 2 rings (SSSR count). The maximum absolute atomic E-state index is 12.6. The van der Waals surface area contributed by atoms with E-state index in [0.717, 1.165) is 21.9 Å². The molecule has 20 heavy (non-hydrogen) atoms. The maximum Gasteiger partial charge on any atom is 0.416 e.